The average Bonchev–Trinajstić information content (AvgIpc) is 3.18. The molecule has 0 radical (unpaired) electrons. The summed E-state index contributed by atoms with van der Waals surface area (Å²) in [6.07, 6.45) is 9.15. The molecule has 27 heavy (non-hydrogen) atoms. The lowest BCUT2D eigenvalue weighted by Gasteiger charge is -1.99. The summed E-state index contributed by atoms with van der Waals surface area (Å²) in [5.41, 5.74) is 7.33. The van der Waals surface area contributed by atoms with E-state index in [9.17, 15) is 0 Å². The van der Waals surface area contributed by atoms with E-state index >= 15 is 0 Å². The summed E-state index contributed by atoms with van der Waals surface area (Å²) in [6.45, 7) is 8.18. The van der Waals surface area contributed by atoms with E-state index in [1.807, 2.05) is 31.5 Å². The molecule has 6 heteroatoms. The van der Waals surface area contributed by atoms with Crippen molar-refractivity contribution in [2.75, 3.05) is 0 Å². The second kappa shape index (κ2) is 5.74. The Bertz CT molecular complexity index is 1170. The first-order valence-electron chi connectivity index (χ1n) is 9.37. The molecule has 0 unspecified atom stereocenters. The van der Waals surface area contributed by atoms with E-state index in [1.54, 1.807) is 0 Å². The number of rotatable bonds is 3. The number of imidazole rings is 1. The molecule has 1 aliphatic rings. The van der Waals surface area contributed by atoms with Crippen LogP contribution in [0.3, 0.4) is 0 Å². The third-order valence-corrected chi connectivity index (χ3v) is 5.50. The number of nitrogens with zero attached hydrogens (tertiary/aromatic N) is 6. The van der Waals surface area contributed by atoms with Crippen molar-refractivity contribution >= 4 is 17.4 Å². The predicted molar refractivity (Wildman–Crippen MR) is 105 cm³/mol. The normalized spacial score (nSPS) is 19.6. The second-order valence-corrected chi connectivity index (χ2v) is 7.38. The van der Waals surface area contributed by atoms with Gasteiger partial charge in [-0.05, 0) is 46.2 Å². The van der Waals surface area contributed by atoms with Gasteiger partial charge >= 0.3 is 0 Å². The van der Waals surface area contributed by atoms with Crippen LogP contribution in [0.4, 0.5) is 0 Å². The van der Waals surface area contributed by atoms with E-state index in [-0.39, 0.29) is 0 Å². The molecule has 4 aromatic rings. The Labute approximate surface area is 157 Å². The summed E-state index contributed by atoms with van der Waals surface area (Å²) in [6, 6.07) is 4.19. The van der Waals surface area contributed by atoms with Crippen molar-refractivity contribution in [1.82, 2.24) is 29.0 Å². The van der Waals surface area contributed by atoms with Crippen molar-refractivity contribution in [1.29, 1.82) is 0 Å². The maximum absolute atomic E-state index is 4.99. The maximum Gasteiger partial charge on any atom is 0.177 e. The van der Waals surface area contributed by atoms with Crippen LogP contribution in [0.25, 0.3) is 17.4 Å². The van der Waals surface area contributed by atoms with E-state index in [1.165, 1.54) is 11.4 Å². The molecule has 0 N–H and O–H groups in total. The highest BCUT2D eigenvalue weighted by Gasteiger charge is 2.45. The molecule has 0 spiro atoms. The van der Waals surface area contributed by atoms with Gasteiger partial charge in [-0.2, -0.15) is 5.10 Å². The topological polar surface area (TPSA) is 60.4 Å². The van der Waals surface area contributed by atoms with Gasteiger partial charge in [0.15, 0.2) is 11.5 Å². The van der Waals surface area contributed by atoms with Crippen LogP contribution in [0, 0.1) is 20.8 Å². The van der Waals surface area contributed by atoms with Crippen molar-refractivity contribution < 1.29 is 0 Å². The first-order chi connectivity index (χ1) is 13.1. The van der Waals surface area contributed by atoms with Gasteiger partial charge in [-0.15, -0.1) is 0 Å². The van der Waals surface area contributed by atoms with Crippen molar-refractivity contribution in [2.24, 2.45) is 0 Å². The predicted octanol–water partition coefficient (Wildman–Crippen LogP) is 4.00. The van der Waals surface area contributed by atoms with Gasteiger partial charge in [0.1, 0.15) is 5.65 Å². The van der Waals surface area contributed by atoms with Gasteiger partial charge in [-0.3, -0.25) is 4.98 Å². The minimum absolute atomic E-state index is 0.331. The van der Waals surface area contributed by atoms with E-state index < -0.39 is 0 Å². The molecule has 2 atom stereocenters. The number of pyridine rings is 1. The minimum Gasteiger partial charge on any atom is -0.304 e. The summed E-state index contributed by atoms with van der Waals surface area (Å²) in [5.74, 6) is 1.62. The third-order valence-electron chi connectivity index (χ3n) is 5.50. The molecular formula is C21H22N6. The summed E-state index contributed by atoms with van der Waals surface area (Å²) in [4.78, 5) is 14.2. The standard InChI is InChI=1S/C21H22N6/c1-5-7-15-8-6-9-26-14(4)18(23-21(15)26)16-10-17(16)19-24-20-13(3)22-11-12(2)27(20)25-19/h5-9,11,16-17H,10H2,1-4H3/b7-5-/t16-,17-/m0/s1. The van der Waals surface area contributed by atoms with Gasteiger partial charge < -0.3 is 4.40 Å². The van der Waals surface area contributed by atoms with Crippen molar-refractivity contribution in [3.8, 4) is 0 Å². The molecule has 1 saturated carbocycles. The fraction of sp³-hybridized carbons (Fsp3) is 0.333. The number of aryl methyl sites for hydroxylation is 3. The molecule has 0 aromatic carbocycles. The molecule has 0 aliphatic heterocycles. The lowest BCUT2D eigenvalue weighted by molar-refractivity contribution is 0.827. The quantitative estimate of drug-likeness (QED) is 0.555. The number of aromatic nitrogens is 6. The SMILES string of the molecule is C/C=C\c1cccn2c(C)c([C@H]3C[C@@H]3c3nc4c(C)ncc(C)n4n3)nc12. The number of allylic oxidation sites excluding steroid dienone is 1. The molecule has 5 rings (SSSR count). The van der Waals surface area contributed by atoms with Crippen LogP contribution in [0.2, 0.25) is 0 Å². The van der Waals surface area contributed by atoms with E-state index in [4.69, 9.17) is 15.1 Å². The number of fused-ring (bicyclic) bond motifs is 2. The van der Waals surface area contributed by atoms with Crippen molar-refractivity contribution in [3.63, 3.8) is 0 Å². The van der Waals surface area contributed by atoms with Gasteiger partial charge in [0.05, 0.1) is 17.1 Å². The van der Waals surface area contributed by atoms with Crippen LogP contribution in [0.15, 0.2) is 30.6 Å². The van der Waals surface area contributed by atoms with Gasteiger partial charge in [-0.25, -0.2) is 14.5 Å². The summed E-state index contributed by atoms with van der Waals surface area (Å²) in [5, 5.41) is 4.76. The monoisotopic (exact) mass is 358 g/mol. The molecular weight excluding hydrogens is 336 g/mol. The number of hydrogen-bond donors (Lipinski definition) is 0. The highest BCUT2D eigenvalue weighted by molar-refractivity contribution is 5.66. The van der Waals surface area contributed by atoms with Crippen LogP contribution in [0.1, 0.15) is 59.3 Å². The Morgan fingerprint density at radius 2 is 1.96 bits per heavy atom. The highest BCUT2D eigenvalue weighted by Crippen LogP contribution is 2.54. The van der Waals surface area contributed by atoms with Crippen LogP contribution in [-0.4, -0.2) is 29.0 Å². The van der Waals surface area contributed by atoms with Crippen LogP contribution < -0.4 is 0 Å². The largest absolute Gasteiger partial charge is 0.304 e. The van der Waals surface area contributed by atoms with Crippen LogP contribution >= 0.6 is 0 Å². The average molecular weight is 358 g/mol. The Morgan fingerprint density at radius 1 is 1.11 bits per heavy atom. The van der Waals surface area contributed by atoms with Gasteiger partial charge in [0.25, 0.3) is 0 Å². The van der Waals surface area contributed by atoms with Crippen molar-refractivity contribution in [3.05, 3.63) is 64.8 Å². The van der Waals surface area contributed by atoms with Gasteiger partial charge in [0, 0.05) is 35.5 Å². The van der Waals surface area contributed by atoms with E-state index in [2.05, 4.69) is 46.8 Å². The van der Waals surface area contributed by atoms with Crippen LogP contribution in [0.5, 0.6) is 0 Å². The molecule has 4 aromatic heterocycles. The van der Waals surface area contributed by atoms with E-state index in [0.29, 0.717) is 11.8 Å². The number of hydrogen-bond acceptors (Lipinski definition) is 4. The first-order valence-corrected chi connectivity index (χ1v) is 9.37. The molecule has 136 valence electrons. The van der Waals surface area contributed by atoms with Gasteiger partial charge in [0.2, 0.25) is 0 Å². The molecule has 1 fully saturated rings. The lowest BCUT2D eigenvalue weighted by Crippen LogP contribution is -1.97. The summed E-state index contributed by atoms with van der Waals surface area (Å²) in [7, 11) is 0. The highest BCUT2D eigenvalue weighted by atomic mass is 15.3. The Morgan fingerprint density at radius 3 is 2.74 bits per heavy atom. The summed E-state index contributed by atoms with van der Waals surface area (Å²) >= 11 is 0. The first kappa shape index (κ1) is 16.2. The van der Waals surface area contributed by atoms with Crippen LogP contribution in [-0.2, 0) is 0 Å². The molecule has 0 bridgehead atoms. The second-order valence-electron chi connectivity index (χ2n) is 7.38. The zero-order valence-corrected chi connectivity index (χ0v) is 16.0. The Balaban J connectivity index is 1.55. The molecule has 0 amide bonds. The Kier molecular flexibility index (Phi) is 3.44. The molecule has 4 heterocycles. The minimum atomic E-state index is 0.331. The maximum atomic E-state index is 4.99. The third kappa shape index (κ3) is 2.40. The smallest absolute Gasteiger partial charge is 0.177 e. The molecule has 0 saturated heterocycles. The molecule has 6 nitrogen and oxygen atoms in total. The Hall–Kier alpha value is -3.02. The fourth-order valence-corrected chi connectivity index (χ4v) is 3.94. The zero-order chi connectivity index (χ0) is 18.7. The molecule has 1 aliphatic carbocycles. The van der Waals surface area contributed by atoms with Gasteiger partial charge in [-0.1, -0.05) is 12.2 Å². The van der Waals surface area contributed by atoms with E-state index in [0.717, 1.165) is 40.5 Å². The van der Waals surface area contributed by atoms with Crippen molar-refractivity contribution in [2.45, 2.75) is 46.0 Å². The lowest BCUT2D eigenvalue weighted by atomic mass is 10.2. The summed E-state index contributed by atoms with van der Waals surface area (Å²) < 4.78 is 4.10. The fourth-order valence-electron chi connectivity index (χ4n) is 3.94. The zero-order valence-electron chi connectivity index (χ0n) is 16.0.